The van der Waals surface area contributed by atoms with Gasteiger partial charge in [-0.25, -0.2) is 9.48 Å². The lowest BCUT2D eigenvalue weighted by molar-refractivity contribution is -0.142. The summed E-state index contributed by atoms with van der Waals surface area (Å²) in [7, 11) is 0. The lowest BCUT2D eigenvalue weighted by Crippen LogP contribution is -2.24. The monoisotopic (exact) mass is 314 g/mol. The van der Waals surface area contributed by atoms with Gasteiger partial charge < -0.3 is 19.5 Å². The van der Waals surface area contributed by atoms with E-state index < -0.39 is 6.09 Å². The lowest BCUT2D eigenvalue weighted by atomic mass is 10.5. The SMILES string of the molecule is CCCOC(=O)NCc1cn(CCOCCOC(C)=O)nn1. The van der Waals surface area contributed by atoms with E-state index in [0.29, 0.717) is 32.1 Å². The Kier molecular flexibility index (Phi) is 8.58. The molecule has 0 atom stereocenters. The summed E-state index contributed by atoms with van der Waals surface area (Å²) in [4.78, 5) is 21.8. The van der Waals surface area contributed by atoms with E-state index in [1.54, 1.807) is 10.9 Å². The van der Waals surface area contributed by atoms with Gasteiger partial charge in [-0.2, -0.15) is 0 Å². The predicted octanol–water partition coefficient (Wildman–Crippen LogP) is 0.494. The number of hydrogen-bond acceptors (Lipinski definition) is 7. The Morgan fingerprint density at radius 2 is 2.05 bits per heavy atom. The minimum Gasteiger partial charge on any atom is -0.463 e. The Hall–Kier alpha value is -2.16. The van der Waals surface area contributed by atoms with Crippen molar-refractivity contribution in [1.29, 1.82) is 0 Å². The number of esters is 1. The highest BCUT2D eigenvalue weighted by atomic mass is 16.6. The molecule has 0 unspecified atom stereocenters. The number of ether oxygens (including phenoxy) is 3. The van der Waals surface area contributed by atoms with Crippen molar-refractivity contribution in [3.05, 3.63) is 11.9 Å². The van der Waals surface area contributed by atoms with Crippen LogP contribution in [0.25, 0.3) is 0 Å². The van der Waals surface area contributed by atoms with E-state index in [9.17, 15) is 9.59 Å². The Morgan fingerprint density at radius 1 is 1.23 bits per heavy atom. The third kappa shape index (κ3) is 8.20. The summed E-state index contributed by atoms with van der Waals surface area (Å²) in [5.74, 6) is -0.325. The van der Waals surface area contributed by atoms with E-state index in [-0.39, 0.29) is 19.1 Å². The molecule has 1 aromatic heterocycles. The summed E-state index contributed by atoms with van der Waals surface area (Å²) < 4.78 is 16.5. The molecule has 9 heteroatoms. The molecule has 0 bridgehead atoms. The maximum atomic E-state index is 11.3. The molecule has 0 aliphatic rings. The van der Waals surface area contributed by atoms with Gasteiger partial charge in [-0.3, -0.25) is 4.79 Å². The second kappa shape index (κ2) is 10.6. The van der Waals surface area contributed by atoms with Crippen LogP contribution in [0, 0.1) is 0 Å². The van der Waals surface area contributed by atoms with Crippen molar-refractivity contribution in [2.45, 2.75) is 33.4 Å². The number of nitrogens with one attached hydrogen (secondary N) is 1. The van der Waals surface area contributed by atoms with Crippen LogP contribution in [0.2, 0.25) is 0 Å². The summed E-state index contributed by atoms with van der Waals surface area (Å²) in [6, 6.07) is 0. The van der Waals surface area contributed by atoms with Crippen molar-refractivity contribution in [3.63, 3.8) is 0 Å². The summed E-state index contributed by atoms with van der Waals surface area (Å²) in [5, 5.41) is 10.4. The van der Waals surface area contributed by atoms with Crippen molar-refractivity contribution >= 4 is 12.1 Å². The first-order valence-corrected chi connectivity index (χ1v) is 7.12. The number of rotatable bonds is 10. The van der Waals surface area contributed by atoms with Crippen LogP contribution < -0.4 is 5.32 Å². The topological polar surface area (TPSA) is 105 Å². The number of amides is 1. The molecule has 22 heavy (non-hydrogen) atoms. The molecular weight excluding hydrogens is 292 g/mol. The largest absolute Gasteiger partial charge is 0.463 e. The zero-order chi connectivity index (χ0) is 16.2. The molecule has 0 spiro atoms. The number of carbonyl (C=O) groups excluding carboxylic acids is 2. The fraction of sp³-hybridized carbons (Fsp3) is 0.692. The van der Waals surface area contributed by atoms with Gasteiger partial charge in [0.1, 0.15) is 12.3 Å². The first kappa shape index (κ1) is 17.9. The highest BCUT2D eigenvalue weighted by Gasteiger charge is 2.04. The molecule has 1 rings (SSSR count). The Balaban J connectivity index is 2.13. The number of aromatic nitrogens is 3. The van der Waals surface area contributed by atoms with Gasteiger partial charge in [0.25, 0.3) is 0 Å². The number of nitrogens with zero attached hydrogens (tertiary/aromatic N) is 3. The maximum absolute atomic E-state index is 11.3. The second-order valence-electron chi connectivity index (χ2n) is 4.41. The van der Waals surface area contributed by atoms with Gasteiger partial charge >= 0.3 is 12.1 Å². The molecule has 1 amide bonds. The van der Waals surface area contributed by atoms with Crippen LogP contribution >= 0.6 is 0 Å². The molecule has 0 aliphatic heterocycles. The lowest BCUT2D eigenvalue weighted by Gasteiger charge is -2.04. The Morgan fingerprint density at radius 3 is 2.77 bits per heavy atom. The molecule has 0 aromatic carbocycles. The number of carbonyl (C=O) groups is 2. The number of alkyl carbamates (subject to hydrolysis) is 1. The molecule has 0 radical (unpaired) electrons. The third-order valence-corrected chi connectivity index (χ3v) is 2.43. The summed E-state index contributed by atoms with van der Waals surface area (Å²) in [6.45, 7) is 5.45. The van der Waals surface area contributed by atoms with Gasteiger partial charge in [0, 0.05) is 6.92 Å². The van der Waals surface area contributed by atoms with Crippen LogP contribution in [0.3, 0.4) is 0 Å². The Bertz CT molecular complexity index is 463. The molecule has 0 saturated carbocycles. The van der Waals surface area contributed by atoms with Crippen LogP contribution in [0.15, 0.2) is 6.20 Å². The first-order valence-electron chi connectivity index (χ1n) is 7.12. The molecule has 124 valence electrons. The quantitative estimate of drug-likeness (QED) is 0.495. The van der Waals surface area contributed by atoms with Crippen LogP contribution in [-0.2, 0) is 32.1 Å². The van der Waals surface area contributed by atoms with Crippen LogP contribution in [0.1, 0.15) is 26.0 Å². The van der Waals surface area contributed by atoms with E-state index in [2.05, 4.69) is 15.6 Å². The van der Waals surface area contributed by atoms with Gasteiger partial charge in [0.2, 0.25) is 0 Å². The van der Waals surface area contributed by atoms with E-state index in [4.69, 9.17) is 14.2 Å². The zero-order valence-corrected chi connectivity index (χ0v) is 12.9. The predicted molar refractivity (Wildman–Crippen MR) is 76.0 cm³/mol. The molecule has 0 saturated heterocycles. The van der Waals surface area contributed by atoms with Crippen molar-refractivity contribution in [2.75, 3.05) is 26.4 Å². The van der Waals surface area contributed by atoms with Crippen molar-refractivity contribution in [1.82, 2.24) is 20.3 Å². The van der Waals surface area contributed by atoms with Gasteiger partial charge in [0.05, 0.1) is 39.1 Å². The molecule has 0 fully saturated rings. The van der Waals surface area contributed by atoms with E-state index in [1.165, 1.54) is 6.92 Å². The summed E-state index contributed by atoms with van der Waals surface area (Å²) >= 11 is 0. The highest BCUT2D eigenvalue weighted by molar-refractivity contribution is 5.67. The minimum absolute atomic E-state index is 0.238. The Labute approximate surface area is 128 Å². The molecule has 1 heterocycles. The molecule has 1 aromatic rings. The fourth-order valence-electron chi connectivity index (χ4n) is 1.44. The third-order valence-electron chi connectivity index (χ3n) is 2.43. The van der Waals surface area contributed by atoms with Gasteiger partial charge in [-0.1, -0.05) is 12.1 Å². The highest BCUT2D eigenvalue weighted by Crippen LogP contribution is 1.94. The maximum Gasteiger partial charge on any atom is 0.407 e. The normalized spacial score (nSPS) is 10.3. The van der Waals surface area contributed by atoms with E-state index in [1.807, 2.05) is 6.92 Å². The summed E-state index contributed by atoms with van der Waals surface area (Å²) in [6.07, 6.45) is 2.03. The number of hydrogen-bond donors (Lipinski definition) is 1. The molecule has 9 nitrogen and oxygen atoms in total. The van der Waals surface area contributed by atoms with Crippen molar-refractivity contribution < 1.29 is 23.8 Å². The van der Waals surface area contributed by atoms with Gasteiger partial charge in [0.15, 0.2) is 0 Å². The van der Waals surface area contributed by atoms with Crippen molar-refractivity contribution in [2.24, 2.45) is 0 Å². The van der Waals surface area contributed by atoms with Crippen LogP contribution in [-0.4, -0.2) is 53.5 Å². The van der Waals surface area contributed by atoms with Crippen LogP contribution in [0.5, 0.6) is 0 Å². The average Bonchev–Trinajstić information content (AvgIpc) is 2.94. The van der Waals surface area contributed by atoms with Gasteiger partial charge in [-0.05, 0) is 6.42 Å². The minimum atomic E-state index is -0.467. The van der Waals surface area contributed by atoms with Gasteiger partial charge in [-0.15, -0.1) is 5.10 Å². The van der Waals surface area contributed by atoms with E-state index in [0.717, 1.165) is 6.42 Å². The molecule has 1 N–H and O–H groups in total. The second-order valence-corrected chi connectivity index (χ2v) is 4.41. The van der Waals surface area contributed by atoms with E-state index >= 15 is 0 Å². The molecular formula is C13H22N4O5. The smallest absolute Gasteiger partial charge is 0.407 e. The fourth-order valence-corrected chi connectivity index (χ4v) is 1.44. The zero-order valence-electron chi connectivity index (χ0n) is 12.9. The first-order chi connectivity index (χ1) is 10.6. The van der Waals surface area contributed by atoms with Crippen LogP contribution in [0.4, 0.5) is 4.79 Å². The molecule has 0 aliphatic carbocycles. The standard InChI is InChI=1S/C13H22N4O5/c1-3-5-22-13(19)14-9-12-10-17(16-15-12)4-6-20-7-8-21-11(2)18/h10H,3-9H2,1-2H3,(H,14,19). The van der Waals surface area contributed by atoms with Crippen molar-refractivity contribution in [3.8, 4) is 0 Å². The summed E-state index contributed by atoms with van der Waals surface area (Å²) in [5.41, 5.74) is 0.633. The average molecular weight is 314 g/mol.